The van der Waals surface area contributed by atoms with Gasteiger partial charge in [-0.2, -0.15) is 0 Å². The van der Waals surface area contributed by atoms with Crippen molar-refractivity contribution in [2.45, 2.75) is 6.42 Å². The van der Waals surface area contributed by atoms with Crippen molar-refractivity contribution in [3.8, 4) is 0 Å². The van der Waals surface area contributed by atoms with Crippen LogP contribution in [0.4, 0.5) is 5.69 Å². The second-order valence-electron chi connectivity index (χ2n) is 3.55. The fraction of sp³-hybridized carbons (Fsp3) is 0.182. The minimum atomic E-state index is -0.213. The van der Waals surface area contributed by atoms with E-state index in [1.165, 1.54) is 6.20 Å². The van der Waals surface area contributed by atoms with E-state index < -0.39 is 0 Å². The summed E-state index contributed by atoms with van der Waals surface area (Å²) in [6, 6.07) is 1.60. The molecular formula is C11H13N5O. The van der Waals surface area contributed by atoms with Gasteiger partial charge in [0.15, 0.2) is 0 Å². The highest BCUT2D eigenvalue weighted by atomic mass is 16.1. The molecule has 4 N–H and O–H groups in total. The molecule has 0 radical (unpaired) electrons. The van der Waals surface area contributed by atoms with Crippen LogP contribution in [0.1, 0.15) is 16.1 Å². The third kappa shape index (κ3) is 2.81. The number of nitrogen functional groups attached to an aromatic ring is 1. The smallest absolute Gasteiger partial charge is 0.254 e. The zero-order chi connectivity index (χ0) is 12.1. The number of amides is 1. The molecule has 0 aliphatic rings. The molecule has 1 amide bonds. The first-order chi connectivity index (χ1) is 8.27. The summed E-state index contributed by atoms with van der Waals surface area (Å²) in [6.45, 7) is 0.523. The summed E-state index contributed by atoms with van der Waals surface area (Å²) in [6.07, 6.45) is 7.05. The first-order valence-corrected chi connectivity index (χ1v) is 5.22. The molecule has 0 atom stereocenters. The highest BCUT2D eigenvalue weighted by molar-refractivity contribution is 5.98. The molecule has 0 bridgehead atoms. The molecule has 2 aromatic heterocycles. The molecule has 0 aromatic carbocycles. The molecular weight excluding hydrogens is 218 g/mol. The summed E-state index contributed by atoms with van der Waals surface area (Å²) in [5, 5.41) is 2.77. The Kier molecular flexibility index (Phi) is 3.34. The van der Waals surface area contributed by atoms with Crippen LogP contribution < -0.4 is 11.1 Å². The average molecular weight is 231 g/mol. The summed E-state index contributed by atoms with van der Waals surface area (Å²) in [7, 11) is 0. The van der Waals surface area contributed by atoms with Crippen LogP contribution >= 0.6 is 0 Å². The summed E-state index contributed by atoms with van der Waals surface area (Å²) >= 11 is 0. The van der Waals surface area contributed by atoms with Gasteiger partial charge in [-0.3, -0.25) is 9.78 Å². The molecule has 6 nitrogen and oxygen atoms in total. The van der Waals surface area contributed by atoms with Crippen molar-refractivity contribution in [1.29, 1.82) is 0 Å². The molecule has 2 rings (SSSR count). The highest BCUT2D eigenvalue weighted by Gasteiger charge is 2.08. The zero-order valence-electron chi connectivity index (χ0n) is 9.18. The van der Waals surface area contributed by atoms with E-state index in [4.69, 9.17) is 5.73 Å². The van der Waals surface area contributed by atoms with Crippen molar-refractivity contribution < 1.29 is 4.79 Å². The number of carbonyl (C=O) groups excluding carboxylic acids is 1. The monoisotopic (exact) mass is 231 g/mol. The van der Waals surface area contributed by atoms with E-state index in [1.807, 2.05) is 0 Å². The lowest BCUT2D eigenvalue weighted by atomic mass is 10.2. The number of carbonyl (C=O) groups is 1. The van der Waals surface area contributed by atoms with Gasteiger partial charge in [0, 0.05) is 42.9 Å². The SMILES string of the molecule is Nc1ccncc1C(=O)NCCc1cnc[nH]1. The van der Waals surface area contributed by atoms with Crippen molar-refractivity contribution in [1.82, 2.24) is 20.3 Å². The molecule has 0 saturated heterocycles. The van der Waals surface area contributed by atoms with Gasteiger partial charge in [0.2, 0.25) is 0 Å². The number of rotatable bonds is 4. The van der Waals surface area contributed by atoms with Crippen LogP contribution in [0.5, 0.6) is 0 Å². The topological polar surface area (TPSA) is 96.7 Å². The van der Waals surface area contributed by atoms with Crippen molar-refractivity contribution >= 4 is 11.6 Å². The molecule has 0 saturated carbocycles. The Hall–Kier alpha value is -2.37. The van der Waals surface area contributed by atoms with Gasteiger partial charge in [0.05, 0.1) is 11.9 Å². The van der Waals surface area contributed by atoms with E-state index in [1.54, 1.807) is 24.8 Å². The number of hydrogen-bond acceptors (Lipinski definition) is 4. The molecule has 0 aliphatic heterocycles. The van der Waals surface area contributed by atoms with Crippen molar-refractivity contribution in [2.24, 2.45) is 0 Å². The number of pyridine rings is 1. The Morgan fingerprint density at radius 3 is 3.00 bits per heavy atom. The molecule has 0 aliphatic carbocycles. The minimum absolute atomic E-state index is 0.213. The molecule has 88 valence electrons. The van der Waals surface area contributed by atoms with Crippen molar-refractivity contribution in [2.75, 3.05) is 12.3 Å². The second kappa shape index (κ2) is 5.11. The zero-order valence-corrected chi connectivity index (χ0v) is 9.18. The van der Waals surface area contributed by atoms with E-state index >= 15 is 0 Å². The quantitative estimate of drug-likeness (QED) is 0.707. The second-order valence-corrected chi connectivity index (χ2v) is 3.55. The predicted octanol–water partition coefficient (Wildman–Crippen LogP) is 0.359. The van der Waals surface area contributed by atoms with Crippen LogP contribution in [-0.4, -0.2) is 27.4 Å². The van der Waals surface area contributed by atoms with Crippen LogP contribution in [0.25, 0.3) is 0 Å². The maximum Gasteiger partial charge on any atom is 0.254 e. The lowest BCUT2D eigenvalue weighted by Crippen LogP contribution is -2.26. The molecule has 6 heteroatoms. The van der Waals surface area contributed by atoms with Gasteiger partial charge in [0.25, 0.3) is 5.91 Å². The summed E-state index contributed by atoms with van der Waals surface area (Å²) in [5.74, 6) is -0.213. The number of imidazole rings is 1. The van der Waals surface area contributed by atoms with E-state index in [2.05, 4.69) is 20.3 Å². The highest BCUT2D eigenvalue weighted by Crippen LogP contribution is 2.07. The molecule has 0 unspecified atom stereocenters. The predicted molar refractivity (Wildman–Crippen MR) is 63.3 cm³/mol. The lowest BCUT2D eigenvalue weighted by Gasteiger charge is -2.05. The largest absolute Gasteiger partial charge is 0.398 e. The summed E-state index contributed by atoms with van der Waals surface area (Å²) in [4.78, 5) is 22.5. The number of nitrogens with zero attached hydrogens (tertiary/aromatic N) is 2. The van der Waals surface area contributed by atoms with Gasteiger partial charge >= 0.3 is 0 Å². The van der Waals surface area contributed by atoms with Crippen LogP contribution in [0, 0.1) is 0 Å². The fourth-order valence-electron chi connectivity index (χ4n) is 1.42. The van der Waals surface area contributed by atoms with Gasteiger partial charge in [-0.1, -0.05) is 0 Å². The maximum absolute atomic E-state index is 11.7. The van der Waals surface area contributed by atoms with Crippen molar-refractivity contribution in [3.63, 3.8) is 0 Å². The number of H-pyrrole nitrogens is 1. The molecule has 2 aromatic rings. The fourth-order valence-corrected chi connectivity index (χ4v) is 1.42. The van der Waals surface area contributed by atoms with Crippen LogP contribution in [0.2, 0.25) is 0 Å². The lowest BCUT2D eigenvalue weighted by molar-refractivity contribution is 0.0954. The Labute approximate surface area is 98.3 Å². The molecule has 0 spiro atoms. The summed E-state index contributed by atoms with van der Waals surface area (Å²) < 4.78 is 0. The van der Waals surface area contributed by atoms with Crippen molar-refractivity contribution in [3.05, 3.63) is 42.2 Å². The van der Waals surface area contributed by atoms with Gasteiger partial charge in [0.1, 0.15) is 0 Å². The normalized spacial score (nSPS) is 10.1. The first-order valence-electron chi connectivity index (χ1n) is 5.22. The van der Waals surface area contributed by atoms with Gasteiger partial charge < -0.3 is 16.0 Å². The number of aromatic nitrogens is 3. The third-order valence-electron chi connectivity index (χ3n) is 2.33. The summed E-state index contributed by atoms with van der Waals surface area (Å²) in [5.41, 5.74) is 7.48. The Morgan fingerprint density at radius 1 is 1.41 bits per heavy atom. The number of aromatic amines is 1. The number of nitrogens with two attached hydrogens (primary N) is 1. The Balaban J connectivity index is 1.88. The van der Waals surface area contributed by atoms with E-state index in [0.717, 1.165) is 5.69 Å². The number of anilines is 1. The van der Waals surface area contributed by atoms with Crippen LogP contribution in [-0.2, 0) is 6.42 Å². The maximum atomic E-state index is 11.7. The Morgan fingerprint density at radius 2 is 2.29 bits per heavy atom. The Bertz CT molecular complexity index is 494. The molecule has 2 heterocycles. The third-order valence-corrected chi connectivity index (χ3v) is 2.33. The van der Waals surface area contributed by atoms with E-state index in [9.17, 15) is 4.79 Å². The van der Waals surface area contributed by atoms with E-state index in [0.29, 0.717) is 24.2 Å². The molecule has 0 fully saturated rings. The number of hydrogen-bond donors (Lipinski definition) is 3. The first kappa shape index (κ1) is 11.1. The van der Waals surface area contributed by atoms with E-state index in [-0.39, 0.29) is 5.91 Å². The van der Waals surface area contributed by atoms with Gasteiger partial charge in [-0.05, 0) is 6.07 Å². The van der Waals surface area contributed by atoms with Crippen LogP contribution in [0.15, 0.2) is 31.0 Å². The molecule has 17 heavy (non-hydrogen) atoms. The number of nitrogens with one attached hydrogen (secondary N) is 2. The average Bonchev–Trinajstić information content (AvgIpc) is 2.82. The van der Waals surface area contributed by atoms with Crippen LogP contribution in [0.3, 0.4) is 0 Å². The standard InChI is InChI=1S/C11H13N5O/c12-10-2-3-13-6-9(10)11(17)15-4-1-8-5-14-7-16-8/h2-3,5-7H,1,4H2,(H2,12,13)(H,14,16)(H,15,17). The minimum Gasteiger partial charge on any atom is -0.398 e. The van der Waals surface area contributed by atoms with Gasteiger partial charge in [-0.15, -0.1) is 0 Å². The van der Waals surface area contributed by atoms with Gasteiger partial charge in [-0.25, -0.2) is 4.98 Å².